The van der Waals surface area contributed by atoms with Crippen molar-refractivity contribution < 1.29 is 4.79 Å². The smallest absolute Gasteiger partial charge is 0.253 e. The zero-order chi connectivity index (χ0) is 17.5. The summed E-state index contributed by atoms with van der Waals surface area (Å²) in [6, 6.07) is 7.27. The van der Waals surface area contributed by atoms with Gasteiger partial charge in [0.25, 0.3) is 5.91 Å². The number of nitrogens with zero attached hydrogens (tertiary/aromatic N) is 2. The summed E-state index contributed by atoms with van der Waals surface area (Å²) < 4.78 is 0. The molecule has 4 heteroatoms. The molecule has 0 aliphatic carbocycles. The van der Waals surface area contributed by atoms with E-state index >= 15 is 0 Å². The predicted molar refractivity (Wildman–Crippen MR) is 96.3 cm³/mol. The molecule has 2 heterocycles. The van der Waals surface area contributed by atoms with Gasteiger partial charge in [0, 0.05) is 18.0 Å². The second kappa shape index (κ2) is 8.07. The molecule has 0 aliphatic rings. The number of hydrogen-bond donors (Lipinski definition) is 1. The van der Waals surface area contributed by atoms with E-state index in [9.17, 15) is 4.79 Å². The van der Waals surface area contributed by atoms with Crippen molar-refractivity contribution >= 4 is 17.6 Å². The van der Waals surface area contributed by atoms with E-state index in [0.717, 1.165) is 28.3 Å². The quantitative estimate of drug-likeness (QED) is 0.877. The van der Waals surface area contributed by atoms with Crippen LogP contribution in [0.2, 0.25) is 0 Å². The number of pyridine rings is 2. The minimum absolute atomic E-state index is 0.184. The Labute approximate surface area is 142 Å². The molecule has 2 aromatic heterocycles. The molecule has 2 aromatic rings. The lowest BCUT2D eigenvalue weighted by Crippen LogP contribution is -2.34. The highest BCUT2D eigenvalue weighted by Gasteiger charge is 2.12. The first-order valence-corrected chi connectivity index (χ1v) is 7.92. The van der Waals surface area contributed by atoms with Gasteiger partial charge in [-0.1, -0.05) is 25.0 Å². The van der Waals surface area contributed by atoms with E-state index in [1.165, 1.54) is 0 Å². The second-order valence-corrected chi connectivity index (χ2v) is 5.49. The summed E-state index contributed by atoms with van der Waals surface area (Å²) in [7, 11) is 0. The number of amides is 1. The van der Waals surface area contributed by atoms with Crippen LogP contribution in [0, 0.1) is 12.3 Å². The van der Waals surface area contributed by atoms with Crippen molar-refractivity contribution in [2.24, 2.45) is 0 Å². The summed E-state index contributed by atoms with van der Waals surface area (Å²) >= 11 is 0. The molecule has 0 fully saturated rings. The zero-order valence-electron chi connectivity index (χ0n) is 14.2. The van der Waals surface area contributed by atoms with Crippen molar-refractivity contribution in [2.75, 3.05) is 0 Å². The van der Waals surface area contributed by atoms with Crippen LogP contribution in [0.25, 0.3) is 11.6 Å². The van der Waals surface area contributed by atoms with Crippen molar-refractivity contribution in [1.82, 2.24) is 15.3 Å². The van der Waals surface area contributed by atoms with E-state index in [0.29, 0.717) is 5.56 Å². The SMILES string of the molecule is C#C/C(C)=c1\ncc(C(=O)NC(C)c2ccccn2)c\c1=C\CC. The zero-order valence-corrected chi connectivity index (χ0v) is 14.2. The largest absolute Gasteiger partial charge is 0.344 e. The van der Waals surface area contributed by atoms with E-state index < -0.39 is 0 Å². The number of aromatic nitrogens is 2. The number of rotatable bonds is 4. The second-order valence-electron chi connectivity index (χ2n) is 5.49. The molecule has 0 saturated heterocycles. The molecule has 0 saturated carbocycles. The van der Waals surface area contributed by atoms with E-state index in [4.69, 9.17) is 6.42 Å². The van der Waals surface area contributed by atoms with Crippen LogP contribution in [0.4, 0.5) is 0 Å². The Kier molecular flexibility index (Phi) is 5.86. The van der Waals surface area contributed by atoms with Gasteiger partial charge in [0.15, 0.2) is 0 Å². The summed E-state index contributed by atoms with van der Waals surface area (Å²) in [5, 5.41) is 4.57. The van der Waals surface area contributed by atoms with Gasteiger partial charge >= 0.3 is 0 Å². The number of terminal acetylenes is 1. The van der Waals surface area contributed by atoms with Crippen LogP contribution < -0.4 is 15.9 Å². The molecule has 1 unspecified atom stereocenters. The topological polar surface area (TPSA) is 54.9 Å². The molecule has 1 atom stereocenters. The molecule has 122 valence electrons. The summed E-state index contributed by atoms with van der Waals surface area (Å²) in [5.41, 5.74) is 2.07. The fourth-order valence-electron chi connectivity index (χ4n) is 2.35. The Hall–Kier alpha value is -2.93. The van der Waals surface area contributed by atoms with Gasteiger partial charge in [-0.05, 0) is 43.7 Å². The molecule has 0 spiro atoms. The van der Waals surface area contributed by atoms with Crippen LogP contribution in [0.5, 0.6) is 0 Å². The maximum atomic E-state index is 12.5. The lowest BCUT2D eigenvalue weighted by Gasteiger charge is -2.13. The predicted octanol–water partition coefficient (Wildman–Crippen LogP) is 1.96. The average Bonchev–Trinajstić information content (AvgIpc) is 2.62. The van der Waals surface area contributed by atoms with E-state index in [-0.39, 0.29) is 11.9 Å². The third kappa shape index (κ3) is 4.08. The Morgan fingerprint density at radius 3 is 2.83 bits per heavy atom. The van der Waals surface area contributed by atoms with Crippen molar-refractivity contribution in [1.29, 1.82) is 0 Å². The molecule has 0 radical (unpaired) electrons. The van der Waals surface area contributed by atoms with Crippen LogP contribution in [-0.4, -0.2) is 15.9 Å². The molecule has 24 heavy (non-hydrogen) atoms. The first-order valence-electron chi connectivity index (χ1n) is 7.92. The van der Waals surface area contributed by atoms with E-state index in [1.54, 1.807) is 12.4 Å². The van der Waals surface area contributed by atoms with Gasteiger partial charge in [0.2, 0.25) is 0 Å². The maximum Gasteiger partial charge on any atom is 0.253 e. The summed E-state index contributed by atoms with van der Waals surface area (Å²) in [4.78, 5) is 21.1. The fraction of sp³-hybridized carbons (Fsp3) is 0.250. The summed E-state index contributed by atoms with van der Waals surface area (Å²) in [6.07, 6.45) is 11.6. The number of nitrogens with one attached hydrogen (secondary N) is 1. The third-order valence-electron chi connectivity index (χ3n) is 3.65. The van der Waals surface area contributed by atoms with Crippen molar-refractivity contribution in [3.63, 3.8) is 0 Å². The van der Waals surface area contributed by atoms with Gasteiger partial charge in [-0.15, -0.1) is 6.42 Å². The van der Waals surface area contributed by atoms with Gasteiger partial charge in [-0.3, -0.25) is 14.8 Å². The molecule has 0 aliphatic heterocycles. The van der Waals surface area contributed by atoms with Crippen LogP contribution >= 0.6 is 0 Å². The van der Waals surface area contributed by atoms with Gasteiger partial charge in [0.05, 0.1) is 22.6 Å². The Balaban J connectivity index is 2.33. The van der Waals surface area contributed by atoms with E-state index in [2.05, 4.69) is 21.2 Å². The summed E-state index contributed by atoms with van der Waals surface area (Å²) in [6.45, 7) is 5.78. The van der Waals surface area contributed by atoms with E-state index in [1.807, 2.05) is 51.1 Å². The van der Waals surface area contributed by atoms with Crippen molar-refractivity contribution in [3.05, 3.63) is 58.5 Å². The fourth-order valence-corrected chi connectivity index (χ4v) is 2.35. The van der Waals surface area contributed by atoms with Crippen molar-refractivity contribution in [3.8, 4) is 12.3 Å². The molecule has 1 amide bonds. The third-order valence-corrected chi connectivity index (χ3v) is 3.65. The van der Waals surface area contributed by atoms with Gasteiger partial charge in [0.1, 0.15) is 0 Å². The van der Waals surface area contributed by atoms with Gasteiger partial charge < -0.3 is 5.32 Å². The molecule has 1 N–H and O–H groups in total. The molecule has 0 bridgehead atoms. The molecular formula is C20H21N3O. The van der Waals surface area contributed by atoms with Gasteiger partial charge in [-0.2, -0.15) is 0 Å². The molecule has 2 rings (SSSR count). The highest BCUT2D eigenvalue weighted by molar-refractivity contribution is 5.94. The highest BCUT2D eigenvalue weighted by Crippen LogP contribution is 2.08. The Bertz CT molecular complexity index is 879. The molecule has 4 nitrogen and oxygen atoms in total. The maximum absolute atomic E-state index is 12.5. The molecular weight excluding hydrogens is 298 g/mol. The lowest BCUT2D eigenvalue weighted by atomic mass is 10.1. The lowest BCUT2D eigenvalue weighted by molar-refractivity contribution is 0.0938. The Morgan fingerprint density at radius 2 is 2.21 bits per heavy atom. The minimum Gasteiger partial charge on any atom is -0.344 e. The average molecular weight is 319 g/mol. The standard InChI is InChI=1S/C20H21N3O/c1-5-9-16-12-17(13-22-19(16)14(3)6-2)20(24)23-15(4)18-10-7-8-11-21-18/h2,7-13,15H,5H2,1,3-4H3,(H,23,24)/b16-9-,19-14-. The Morgan fingerprint density at radius 1 is 1.42 bits per heavy atom. The first-order chi connectivity index (χ1) is 11.6. The monoisotopic (exact) mass is 319 g/mol. The minimum atomic E-state index is -0.184. The highest BCUT2D eigenvalue weighted by atomic mass is 16.1. The van der Waals surface area contributed by atoms with Gasteiger partial charge in [-0.25, -0.2) is 0 Å². The summed E-state index contributed by atoms with van der Waals surface area (Å²) in [5.74, 6) is 2.42. The molecule has 0 aromatic carbocycles. The normalized spacial score (nSPS) is 13.8. The number of carbonyl (C=O) groups excluding carboxylic acids is 1. The van der Waals surface area contributed by atoms with Crippen LogP contribution in [0.1, 0.15) is 49.3 Å². The van der Waals surface area contributed by atoms with Crippen LogP contribution in [0.15, 0.2) is 36.7 Å². The first kappa shape index (κ1) is 17.4. The van der Waals surface area contributed by atoms with Crippen LogP contribution in [0.3, 0.4) is 0 Å². The number of carbonyl (C=O) groups is 1. The van der Waals surface area contributed by atoms with Crippen LogP contribution in [-0.2, 0) is 0 Å². The number of hydrogen-bond acceptors (Lipinski definition) is 3. The van der Waals surface area contributed by atoms with Crippen molar-refractivity contribution in [2.45, 2.75) is 33.2 Å².